The van der Waals surface area contributed by atoms with E-state index in [1.807, 2.05) is 30.5 Å². The van der Waals surface area contributed by atoms with Crippen LogP contribution in [0, 0.1) is 11.3 Å². The van der Waals surface area contributed by atoms with Gasteiger partial charge in [0.05, 0.1) is 22.7 Å². The maximum atomic E-state index is 12.4. The Hall–Kier alpha value is -1.39. The van der Waals surface area contributed by atoms with Crippen molar-refractivity contribution >= 4 is 33.0 Å². The van der Waals surface area contributed by atoms with Crippen molar-refractivity contribution in [2.45, 2.75) is 24.3 Å². The third kappa shape index (κ3) is 3.63. The first-order valence-corrected chi connectivity index (χ1v) is 8.97. The van der Waals surface area contributed by atoms with Gasteiger partial charge in [-0.05, 0) is 36.1 Å². The molecule has 21 heavy (non-hydrogen) atoms. The number of rotatable bonds is 5. The average Bonchev–Trinajstić information content (AvgIpc) is 2.98. The predicted molar refractivity (Wildman–Crippen MR) is 83.8 cm³/mol. The smallest absolute Gasteiger partial charge is 0.207 e. The molecule has 1 heterocycles. The molecule has 0 amide bonds. The normalized spacial score (nSPS) is 12.8. The minimum atomic E-state index is -3.74. The van der Waals surface area contributed by atoms with Gasteiger partial charge < -0.3 is 0 Å². The Morgan fingerprint density at radius 1 is 1.43 bits per heavy atom. The summed E-state index contributed by atoms with van der Waals surface area (Å²) < 4.78 is 27.5. The van der Waals surface area contributed by atoms with E-state index in [1.165, 1.54) is 29.5 Å². The molecular formula is C14H13ClN2O2S2. The first-order chi connectivity index (χ1) is 9.97. The van der Waals surface area contributed by atoms with Crippen LogP contribution in [0.5, 0.6) is 0 Å². The quantitative estimate of drug-likeness (QED) is 0.902. The van der Waals surface area contributed by atoms with Gasteiger partial charge in [-0.15, -0.1) is 11.3 Å². The number of benzene rings is 1. The third-order valence-corrected chi connectivity index (χ3v) is 5.88. The lowest BCUT2D eigenvalue weighted by molar-refractivity contribution is 0.553. The molecular weight excluding hydrogens is 328 g/mol. The first-order valence-electron chi connectivity index (χ1n) is 6.23. The topological polar surface area (TPSA) is 70.0 Å². The highest BCUT2D eigenvalue weighted by atomic mass is 35.5. The van der Waals surface area contributed by atoms with Gasteiger partial charge in [0, 0.05) is 4.88 Å². The van der Waals surface area contributed by atoms with Crippen LogP contribution in [0.1, 0.15) is 29.8 Å². The molecule has 0 bridgehead atoms. The van der Waals surface area contributed by atoms with E-state index in [0.717, 1.165) is 4.88 Å². The molecule has 1 aromatic heterocycles. The Labute approximate surface area is 133 Å². The van der Waals surface area contributed by atoms with Crippen molar-refractivity contribution < 1.29 is 8.42 Å². The molecule has 2 rings (SSSR count). The van der Waals surface area contributed by atoms with Gasteiger partial charge in [-0.1, -0.05) is 24.6 Å². The van der Waals surface area contributed by atoms with Gasteiger partial charge in [0.25, 0.3) is 0 Å². The minimum absolute atomic E-state index is 0.0156. The summed E-state index contributed by atoms with van der Waals surface area (Å²) in [5, 5.41) is 10.7. The van der Waals surface area contributed by atoms with Crippen LogP contribution in [0.3, 0.4) is 0 Å². The molecule has 1 atom stereocenters. The standard InChI is InChI=1S/C14H13ClN2O2S2/c1-2-12(13-4-3-7-20-13)17-21(18,19)14-6-5-10(9-16)8-11(14)15/h3-8,12,17H,2H2,1H3. The van der Waals surface area contributed by atoms with Gasteiger partial charge in [-0.2, -0.15) is 5.26 Å². The van der Waals surface area contributed by atoms with E-state index in [2.05, 4.69) is 4.72 Å². The summed E-state index contributed by atoms with van der Waals surface area (Å²) in [5.41, 5.74) is 0.323. The van der Waals surface area contributed by atoms with Crippen LogP contribution >= 0.6 is 22.9 Å². The highest BCUT2D eigenvalue weighted by Crippen LogP contribution is 2.27. The molecule has 0 saturated heterocycles. The average molecular weight is 341 g/mol. The van der Waals surface area contributed by atoms with Gasteiger partial charge in [-0.25, -0.2) is 13.1 Å². The number of hydrogen-bond acceptors (Lipinski definition) is 4. The summed E-state index contributed by atoms with van der Waals surface area (Å²) >= 11 is 7.48. The maximum Gasteiger partial charge on any atom is 0.242 e. The molecule has 0 radical (unpaired) electrons. The van der Waals surface area contributed by atoms with Crippen LogP contribution in [0.2, 0.25) is 5.02 Å². The van der Waals surface area contributed by atoms with Crippen molar-refractivity contribution in [2.24, 2.45) is 0 Å². The van der Waals surface area contributed by atoms with E-state index in [9.17, 15) is 8.42 Å². The molecule has 0 fully saturated rings. The molecule has 0 aliphatic heterocycles. The summed E-state index contributed by atoms with van der Waals surface area (Å²) in [6.07, 6.45) is 0.633. The second-order valence-corrected chi connectivity index (χ2v) is 7.42. The minimum Gasteiger partial charge on any atom is -0.207 e. The van der Waals surface area contributed by atoms with E-state index in [1.54, 1.807) is 0 Å². The number of thiophene rings is 1. The molecule has 0 saturated carbocycles. The Kier molecular flexibility index (Phi) is 5.01. The van der Waals surface area contributed by atoms with Gasteiger partial charge in [0.1, 0.15) is 4.90 Å². The molecule has 0 aliphatic carbocycles. The monoisotopic (exact) mass is 340 g/mol. The van der Waals surface area contributed by atoms with Crippen LogP contribution in [0.4, 0.5) is 0 Å². The highest BCUT2D eigenvalue weighted by molar-refractivity contribution is 7.89. The molecule has 1 N–H and O–H groups in total. The van der Waals surface area contributed by atoms with E-state index < -0.39 is 10.0 Å². The fourth-order valence-electron chi connectivity index (χ4n) is 1.87. The van der Waals surface area contributed by atoms with Gasteiger partial charge in [0.15, 0.2) is 0 Å². The largest absolute Gasteiger partial charge is 0.242 e. The van der Waals surface area contributed by atoms with Crippen LogP contribution in [-0.4, -0.2) is 8.42 Å². The Morgan fingerprint density at radius 2 is 2.19 bits per heavy atom. The lowest BCUT2D eigenvalue weighted by Gasteiger charge is -2.16. The molecule has 4 nitrogen and oxygen atoms in total. The molecule has 1 aromatic carbocycles. The number of hydrogen-bond donors (Lipinski definition) is 1. The lowest BCUT2D eigenvalue weighted by Crippen LogP contribution is -2.28. The van der Waals surface area contributed by atoms with Crippen molar-refractivity contribution in [2.75, 3.05) is 0 Å². The summed E-state index contributed by atoms with van der Waals surface area (Å²) in [6, 6.07) is 9.54. The van der Waals surface area contributed by atoms with Crippen LogP contribution < -0.4 is 4.72 Å². The molecule has 0 spiro atoms. The number of sulfonamides is 1. The second-order valence-electron chi connectivity index (χ2n) is 4.35. The molecule has 0 aliphatic rings. The zero-order chi connectivity index (χ0) is 15.5. The predicted octanol–water partition coefficient (Wildman–Crippen LogP) is 3.70. The Balaban J connectivity index is 2.32. The first kappa shape index (κ1) is 16.0. The van der Waals surface area contributed by atoms with E-state index >= 15 is 0 Å². The van der Waals surface area contributed by atoms with Gasteiger partial charge >= 0.3 is 0 Å². The highest BCUT2D eigenvalue weighted by Gasteiger charge is 2.23. The van der Waals surface area contributed by atoms with E-state index in [0.29, 0.717) is 12.0 Å². The zero-order valence-corrected chi connectivity index (χ0v) is 13.6. The van der Waals surface area contributed by atoms with Crippen LogP contribution in [-0.2, 0) is 10.0 Å². The number of nitrogens with one attached hydrogen (secondary N) is 1. The SMILES string of the molecule is CCC(NS(=O)(=O)c1ccc(C#N)cc1Cl)c1cccs1. The molecule has 110 valence electrons. The van der Waals surface area contributed by atoms with Crippen molar-refractivity contribution in [3.05, 3.63) is 51.2 Å². The van der Waals surface area contributed by atoms with E-state index in [4.69, 9.17) is 16.9 Å². The Bertz CT molecular complexity index is 765. The van der Waals surface area contributed by atoms with E-state index in [-0.39, 0.29) is 16.0 Å². The van der Waals surface area contributed by atoms with Crippen LogP contribution in [0.15, 0.2) is 40.6 Å². The number of halogens is 1. The number of nitrogens with zero attached hydrogens (tertiary/aromatic N) is 1. The van der Waals surface area contributed by atoms with Crippen molar-refractivity contribution in [3.63, 3.8) is 0 Å². The Morgan fingerprint density at radius 3 is 2.71 bits per heavy atom. The molecule has 1 unspecified atom stereocenters. The maximum absolute atomic E-state index is 12.4. The van der Waals surface area contributed by atoms with Crippen molar-refractivity contribution in [1.29, 1.82) is 5.26 Å². The zero-order valence-electron chi connectivity index (χ0n) is 11.2. The summed E-state index contributed by atoms with van der Waals surface area (Å²) in [7, 11) is -3.74. The van der Waals surface area contributed by atoms with Crippen LogP contribution in [0.25, 0.3) is 0 Å². The van der Waals surface area contributed by atoms with Crippen molar-refractivity contribution in [3.8, 4) is 6.07 Å². The fourth-order valence-corrected chi connectivity index (χ4v) is 4.65. The van der Waals surface area contributed by atoms with Gasteiger partial charge in [0.2, 0.25) is 10.0 Å². The summed E-state index contributed by atoms with van der Waals surface area (Å²) in [4.78, 5) is 0.934. The summed E-state index contributed by atoms with van der Waals surface area (Å²) in [5.74, 6) is 0. The van der Waals surface area contributed by atoms with Gasteiger partial charge in [-0.3, -0.25) is 0 Å². The third-order valence-electron chi connectivity index (χ3n) is 2.94. The van der Waals surface area contributed by atoms with Crippen molar-refractivity contribution in [1.82, 2.24) is 4.72 Å². The lowest BCUT2D eigenvalue weighted by atomic mass is 10.2. The second kappa shape index (κ2) is 6.58. The fraction of sp³-hybridized carbons (Fsp3) is 0.214. The number of nitriles is 1. The summed E-state index contributed by atoms with van der Waals surface area (Å²) in [6.45, 7) is 1.91. The molecule has 2 aromatic rings. The molecule has 7 heteroatoms.